The third-order valence-corrected chi connectivity index (χ3v) is 5.09. The molecule has 3 aliphatic rings. The van der Waals surface area contributed by atoms with Gasteiger partial charge in [-0.05, 0) is 46.0 Å². The molecule has 0 aromatic rings. The summed E-state index contributed by atoms with van der Waals surface area (Å²) >= 11 is 0. The van der Waals surface area contributed by atoms with Crippen LogP contribution in [0.1, 0.15) is 46.0 Å². The van der Waals surface area contributed by atoms with Gasteiger partial charge in [-0.25, -0.2) is 0 Å². The van der Waals surface area contributed by atoms with Gasteiger partial charge in [0.25, 0.3) is 0 Å². The lowest BCUT2D eigenvalue weighted by Crippen LogP contribution is -2.54. The zero-order chi connectivity index (χ0) is 15.0. The topological polar surface area (TPSA) is 50.8 Å². The third kappa shape index (κ3) is 3.25. The zero-order valence-electron chi connectivity index (χ0n) is 13.4. The van der Waals surface area contributed by atoms with Crippen molar-refractivity contribution >= 4 is 5.97 Å². The average molecular weight is 296 g/mol. The molecular formula is C16H28N2O3. The minimum atomic E-state index is -0.453. The van der Waals surface area contributed by atoms with Gasteiger partial charge >= 0.3 is 5.97 Å². The predicted octanol–water partition coefficient (Wildman–Crippen LogP) is 1.31. The largest absolute Gasteiger partial charge is 0.468 e. The molecule has 2 unspecified atom stereocenters. The molecule has 0 spiro atoms. The second-order valence-electron chi connectivity index (χ2n) is 7.10. The second kappa shape index (κ2) is 5.86. The highest BCUT2D eigenvalue weighted by atomic mass is 16.5. The maximum atomic E-state index is 12.3. The Balaban J connectivity index is 1.67. The van der Waals surface area contributed by atoms with E-state index >= 15 is 0 Å². The molecule has 5 nitrogen and oxygen atoms in total. The van der Waals surface area contributed by atoms with Crippen LogP contribution in [-0.2, 0) is 14.3 Å². The first-order chi connectivity index (χ1) is 10.0. The Morgan fingerprint density at radius 3 is 2.48 bits per heavy atom. The van der Waals surface area contributed by atoms with E-state index in [9.17, 15) is 4.79 Å². The number of carbonyl (C=O) groups excluding carboxylic acids is 1. The van der Waals surface area contributed by atoms with Gasteiger partial charge < -0.3 is 9.47 Å². The predicted molar refractivity (Wildman–Crippen MR) is 80.1 cm³/mol. The van der Waals surface area contributed by atoms with Crippen LogP contribution in [0.25, 0.3) is 0 Å². The summed E-state index contributed by atoms with van der Waals surface area (Å²) < 4.78 is 10.9. The summed E-state index contributed by atoms with van der Waals surface area (Å²) in [6.45, 7) is 6.20. The normalized spacial score (nSPS) is 41.2. The number of hydrogen-bond donors (Lipinski definition) is 1. The summed E-state index contributed by atoms with van der Waals surface area (Å²) in [5, 5.41) is 3.58. The first-order valence-corrected chi connectivity index (χ1v) is 8.28. The van der Waals surface area contributed by atoms with Crippen molar-refractivity contribution in [2.75, 3.05) is 20.2 Å². The first kappa shape index (κ1) is 15.3. The number of nitrogens with zero attached hydrogens (tertiary/aromatic N) is 1. The van der Waals surface area contributed by atoms with Gasteiger partial charge in [0.05, 0.1) is 19.3 Å². The molecule has 0 aromatic carbocycles. The van der Waals surface area contributed by atoms with Crippen molar-refractivity contribution in [1.29, 1.82) is 0 Å². The van der Waals surface area contributed by atoms with Crippen molar-refractivity contribution in [3.05, 3.63) is 0 Å². The molecular weight excluding hydrogens is 268 g/mol. The van der Waals surface area contributed by atoms with Crippen molar-refractivity contribution in [2.45, 2.75) is 75.8 Å². The maximum Gasteiger partial charge on any atom is 0.326 e. The van der Waals surface area contributed by atoms with E-state index in [-0.39, 0.29) is 18.2 Å². The van der Waals surface area contributed by atoms with Crippen molar-refractivity contribution in [1.82, 2.24) is 10.2 Å². The van der Waals surface area contributed by atoms with Gasteiger partial charge in [-0.1, -0.05) is 0 Å². The van der Waals surface area contributed by atoms with Crippen molar-refractivity contribution in [2.24, 2.45) is 0 Å². The van der Waals surface area contributed by atoms with Crippen LogP contribution in [0.4, 0.5) is 0 Å². The summed E-state index contributed by atoms with van der Waals surface area (Å²) in [5.41, 5.74) is -0.453. The molecule has 1 N–H and O–H groups in total. The summed E-state index contributed by atoms with van der Waals surface area (Å²) in [4.78, 5) is 14.8. The smallest absolute Gasteiger partial charge is 0.326 e. The standard InChI is InChI=1S/C16H28N2O3/c1-11-9-18(10-12(2)21-11)14-6-7-16(8-14,15(19)20-3)17-13-4-5-13/h11-14,17H,4-10H2,1-3H3/t11-,12+,14?,16?. The molecule has 0 amide bonds. The Labute approximate surface area is 127 Å². The van der Waals surface area contributed by atoms with Crippen LogP contribution in [0.2, 0.25) is 0 Å². The van der Waals surface area contributed by atoms with Crippen molar-refractivity contribution < 1.29 is 14.3 Å². The maximum absolute atomic E-state index is 12.3. The van der Waals surface area contributed by atoms with E-state index in [1.54, 1.807) is 0 Å². The molecule has 1 aliphatic heterocycles. The van der Waals surface area contributed by atoms with Crippen LogP contribution in [0, 0.1) is 0 Å². The molecule has 2 saturated carbocycles. The highest BCUT2D eigenvalue weighted by molar-refractivity contribution is 5.81. The van der Waals surface area contributed by atoms with E-state index in [1.807, 2.05) is 0 Å². The number of carbonyl (C=O) groups is 1. The van der Waals surface area contributed by atoms with Gasteiger partial charge in [0.15, 0.2) is 0 Å². The summed E-state index contributed by atoms with van der Waals surface area (Å²) in [7, 11) is 1.50. The van der Waals surface area contributed by atoms with E-state index < -0.39 is 5.54 Å². The fourth-order valence-corrected chi connectivity index (χ4v) is 4.04. The van der Waals surface area contributed by atoms with Gasteiger partial charge in [0.1, 0.15) is 5.54 Å². The molecule has 120 valence electrons. The Hall–Kier alpha value is -0.650. The average Bonchev–Trinajstić information content (AvgIpc) is 3.13. The van der Waals surface area contributed by atoms with Gasteiger partial charge in [0.2, 0.25) is 0 Å². The van der Waals surface area contributed by atoms with Crippen LogP contribution in [-0.4, -0.2) is 60.9 Å². The monoisotopic (exact) mass is 296 g/mol. The molecule has 4 atom stereocenters. The second-order valence-corrected chi connectivity index (χ2v) is 7.10. The fraction of sp³-hybridized carbons (Fsp3) is 0.938. The number of nitrogens with one attached hydrogen (secondary N) is 1. The van der Waals surface area contributed by atoms with Crippen LogP contribution in [0.5, 0.6) is 0 Å². The van der Waals surface area contributed by atoms with Gasteiger partial charge in [0, 0.05) is 25.2 Å². The van der Waals surface area contributed by atoms with Gasteiger partial charge in [-0.15, -0.1) is 0 Å². The van der Waals surface area contributed by atoms with E-state index in [0.29, 0.717) is 12.1 Å². The van der Waals surface area contributed by atoms with E-state index in [1.165, 1.54) is 20.0 Å². The lowest BCUT2D eigenvalue weighted by molar-refractivity contribution is -0.148. The third-order valence-electron chi connectivity index (χ3n) is 5.09. The molecule has 1 heterocycles. The molecule has 3 fully saturated rings. The highest BCUT2D eigenvalue weighted by Crippen LogP contribution is 2.38. The van der Waals surface area contributed by atoms with E-state index in [2.05, 4.69) is 24.1 Å². The molecule has 0 radical (unpaired) electrons. The number of esters is 1. The Kier molecular flexibility index (Phi) is 4.26. The quantitative estimate of drug-likeness (QED) is 0.793. The SMILES string of the molecule is COC(=O)C1(NC2CC2)CCC(N2C[C@@H](C)O[C@@H](C)C2)C1. The Bertz CT molecular complexity index is 389. The lowest BCUT2D eigenvalue weighted by Gasteiger charge is -2.39. The molecule has 0 aromatic heterocycles. The van der Waals surface area contributed by atoms with Gasteiger partial charge in [-0.2, -0.15) is 0 Å². The van der Waals surface area contributed by atoms with E-state index in [4.69, 9.17) is 9.47 Å². The minimum Gasteiger partial charge on any atom is -0.468 e. The fourth-order valence-electron chi connectivity index (χ4n) is 4.04. The van der Waals surface area contributed by atoms with Gasteiger partial charge in [-0.3, -0.25) is 15.0 Å². The molecule has 21 heavy (non-hydrogen) atoms. The highest BCUT2D eigenvalue weighted by Gasteiger charge is 2.50. The summed E-state index contributed by atoms with van der Waals surface area (Å²) in [6.07, 6.45) is 5.76. The van der Waals surface area contributed by atoms with Crippen LogP contribution in [0.3, 0.4) is 0 Å². The van der Waals surface area contributed by atoms with E-state index in [0.717, 1.165) is 32.4 Å². The Morgan fingerprint density at radius 2 is 1.90 bits per heavy atom. The molecule has 0 bridgehead atoms. The summed E-state index contributed by atoms with van der Waals surface area (Å²) in [5.74, 6) is -0.0775. The lowest BCUT2D eigenvalue weighted by atomic mass is 9.96. The van der Waals surface area contributed by atoms with Crippen molar-refractivity contribution in [3.8, 4) is 0 Å². The summed E-state index contributed by atoms with van der Waals surface area (Å²) in [6, 6.07) is 0.981. The molecule has 3 rings (SSSR count). The Morgan fingerprint density at radius 1 is 1.24 bits per heavy atom. The zero-order valence-corrected chi connectivity index (χ0v) is 13.4. The first-order valence-electron chi connectivity index (χ1n) is 8.28. The molecule has 2 aliphatic carbocycles. The number of rotatable bonds is 4. The number of ether oxygens (including phenoxy) is 2. The van der Waals surface area contributed by atoms with Crippen LogP contribution < -0.4 is 5.32 Å². The molecule has 1 saturated heterocycles. The molecule has 5 heteroatoms. The number of morpholine rings is 1. The number of methoxy groups -OCH3 is 1. The van der Waals surface area contributed by atoms with Crippen LogP contribution >= 0.6 is 0 Å². The van der Waals surface area contributed by atoms with Crippen LogP contribution in [0.15, 0.2) is 0 Å². The minimum absolute atomic E-state index is 0.0775. The van der Waals surface area contributed by atoms with Crippen molar-refractivity contribution in [3.63, 3.8) is 0 Å². The number of hydrogen-bond acceptors (Lipinski definition) is 5.